The Morgan fingerprint density at radius 1 is 1.07 bits per heavy atom. The molecule has 0 saturated heterocycles. The Morgan fingerprint density at radius 2 is 1.86 bits per heavy atom. The van der Waals surface area contributed by atoms with Crippen molar-refractivity contribution in [2.24, 2.45) is 0 Å². The third kappa shape index (κ3) is 5.61. The van der Waals surface area contributed by atoms with Gasteiger partial charge in [-0.05, 0) is 45.7 Å². The van der Waals surface area contributed by atoms with Crippen LogP contribution in [0, 0.1) is 0 Å². The van der Waals surface area contributed by atoms with Crippen LogP contribution in [0.5, 0.6) is 0 Å². The van der Waals surface area contributed by atoms with Crippen molar-refractivity contribution in [3.8, 4) is 0 Å². The Bertz CT molecular complexity index is 121. The lowest BCUT2D eigenvalue weighted by Crippen LogP contribution is -2.17. The summed E-state index contributed by atoms with van der Waals surface area (Å²) in [7, 11) is 2.01. The first-order chi connectivity index (χ1) is 6.93. The predicted molar refractivity (Wildman–Crippen MR) is 60.6 cm³/mol. The van der Waals surface area contributed by atoms with Crippen molar-refractivity contribution in [1.29, 1.82) is 0 Å². The van der Waals surface area contributed by atoms with E-state index in [1.54, 1.807) is 0 Å². The molecule has 0 radical (unpaired) electrons. The minimum absolute atomic E-state index is 0.591. The summed E-state index contributed by atoms with van der Waals surface area (Å²) in [6.07, 6.45) is 11.2. The molecule has 0 amide bonds. The van der Waals surface area contributed by atoms with Crippen LogP contribution < -0.4 is 5.32 Å². The van der Waals surface area contributed by atoms with Gasteiger partial charge in [-0.15, -0.1) is 0 Å². The van der Waals surface area contributed by atoms with Gasteiger partial charge in [0.25, 0.3) is 0 Å². The summed E-state index contributed by atoms with van der Waals surface area (Å²) in [4.78, 5) is 0. The second-order valence-corrected chi connectivity index (χ2v) is 4.30. The summed E-state index contributed by atoms with van der Waals surface area (Å²) in [5, 5.41) is 3.17. The van der Waals surface area contributed by atoms with Crippen molar-refractivity contribution in [2.45, 2.75) is 57.5 Å². The molecule has 0 bridgehead atoms. The molecule has 1 aliphatic carbocycles. The van der Waals surface area contributed by atoms with Gasteiger partial charge in [0.05, 0.1) is 6.10 Å². The molecule has 0 unspecified atom stereocenters. The van der Waals surface area contributed by atoms with E-state index >= 15 is 0 Å². The van der Waals surface area contributed by atoms with Crippen LogP contribution in [-0.2, 0) is 4.74 Å². The van der Waals surface area contributed by atoms with Crippen molar-refractivity contribution in [3.05, 3.63) is 0 Å². The zero-order valence-corrected chi connectivity index (χ0v) is 9.56. The predicted octanol–water partition coefficient (Wildman–Crippen LogP) is 2.73. The molecule has 0 aliphatic heterocycles. The fourth-order valence-corrected chi connectivity index (χ4v) is 2.06. The quantitative estimate of drug-likeness (QED) is 0.637. The Labute approximate surface area is 88.4 Å². The zero-order chi connectivity index (χ0) is 10.1. The Balaban J connectivity index is 1.82. The van der Waals surface area contributed by atoms with Crippen LogP contribution >= 0.6 is 0 Å². The summed E-state index contributed by atoms with van der Waals surface area (Å²) >= 11 is 0. The molecular formula is C12H25NO. The van der Waals surface area contributed by atoms with Crippen LogP contribution in [0.25, 0.3) is 0 Å². The molecule has 0 heterocycles. The van der Waals surface area contributed by atoms with Crippen LogP contribution in [0.1, 0.15) is 51.4 Å². The Hall–Kier alpha value is -0.0800. The lowest BCUT2D eigenvalue weighted by atomic mass is 9.98. The van der Waals surface area contributed by atoms with Gasteiger partial charge in [0, 0.05) is 6.61 Å². The van der Waals surface area contributed by atoms with Crippen molar-refractivity contribution >= 4 is 0 Å². The van der Waals surface area contributed by atoms with Gasteiger partial charge in [0.15, 0.2) is 0 Å². The van der Waals surface area contributed by atoms with Gasteiger partial charge in [-0.2, -0.15) is 0 Å². The van der Waals surface area contributed by atoms with Crippen molar-refractivity contribution in [1.82, 2.24) is 5.32 Å². The number of hydrogen-bond donors (Lipinski definition) is 1. The maximum atomic E-state index is 5.84. The second kappa shape index (κ2) is 8.25. The highest BCUT2D eigenvalue weighted by Gasteiger charge is 2.12. The molecule has 1 saturated carbocycles. The maximum absolute atomic E-state index is 5.84. The van der Waals surface area contributed by atoms with Crippen LogP contribution in [0.3, 0.4) is 0 Å². The first-order valence-corrected chi connectivity index (χ1v) is 6.19. The monoisotopic (exact) mass is 199 g/mol. The summed E-state index contributed by atoms with van der Waals surface area (Å²) in [6.45, 7) is 2.12. The first-order valence-electron chi connectivity index (χ1n) is 6.19. The first kappa shape index (κ1) is 12.0. The molecule has 1 fully saturated rings. The summed E-state index contributed by atoms with van der Waals surface area (Å²) < 4.78 is 5.84. The fourth-order valence-electron chi connectivity index (χ4n) is 2.06. The van der Waals surface area contributed by atoms with E-state index in [2.05, 4.69) is 5.32 Å². The topological polar surface area (TPSA) is 21.3 Å². The van der Waals surface area contributed by atoms with Crippen LogP contribution in [0.4, 0.5) is 0 Å². The molecule has 84 valence electrons. The average Bonchev–Trinajstić information content (AvgIpc) is 2.25. The third-order valence-corrected chi connectivity index (χ3v) is 2.98. The van der Waals surface area contributed by atoms with Gasteiger partial charge in [0.1, 0.15) is 0 Å². The normalized spacial score (nSPS) is 18.6. The third-order valence-electron chi connectivity index (χ3n) is 2.98. The van der Waals surface area contributed by atoms with E-state index in [-0.39, 0.29) is 0 Å². The standard InChI is InChI=1S/C12H25NO/c1-13-10-6-3-7-11-14-12-8-4-2-5-9-12/h12-13H,2-11H2,1H3. The molecule has 0 aromatic rings. The molecule has 14 heavy (non-hydrogen) atoms. The van der Waals surface area contributed by atoms with E-state index in [1.165, 1.54) is 51.4 Å². The van der Waals surface area contributed by atoms with Crippen LogP contribution in [-0.4, -0.2) is 26.3 Å². The number of ether oxygens (including phenoxy) is 1. The van der Waals surface area contributed by atoms with Crippen LogP contribution in [0.15, 0.2) is 0 Å². The highest BCUT2D eigenvalue weighted by molar-refractivity contribution is 4.64. The van der Waals surface area contributed by atoms with Crippen molar-refractivity contribution in [3.63, 3.8) is 0 Å². The minimum atomic E-state index is 0.591. The van der Waals surface area contributed by atoms with Gasteiger partial charge in [-0.25, -0.2) is 0 Å². The molecule has 0 aromatic heterocycles. The summed E-state index contributed by atoms with van der Waals surface area (Å²) in [5.74, 6) is 0. The van der Waals surface area contributed by atoms with Gasteiger partial charge >= 0.3 is 0 Å². The lowest BCUT2D eigenvalue weighted by molar-refractivity contribution is 0.0263. The summed E-state index contributed by atoms with van der Waals surface area (Å²) in [5.41, 5.74) is 0. The van der Waals surface area contributed by atoms with Crippen molar-refractivity contribution < 1.29 is 4.74 Å². The van der Waals surface area contributed by atoms with E-state index in [4.69, 9.17) is 4.74 Å². The van der Waals surface area contributed by atoms with Crippen molar-refractivity contribution in [2.75, 3.05) is 20.2 Å². The van der Waals surface area contributed by atoms with E-state index in [0.717, 1.165) is 13.2 Å². The van der Waals surface area contributed by atoms with Gasteiger partial charge in [0.2, 0.25) is 0 Å². The molecule has 2 nitrogen and oxygen atoms in total. The highest BCUT2D eigenvalue weighted by atomic mass is 16.5. The summed E-state index contributed by atoms with van der Waals surface area (Å²) in [6, 6.07) is 0. The van der Waals surface area contributed by atoms with Crippen LogP contribution in [0.2, 0.25) is 0 Å². The molecule has 1 N–H and O–H groups in total. The lowest BCUT2D eigenvalue weighted by Gasteiger charge is -2.21. The highest BCUT2D eigenvalue weighted by Crippen LogP contribution is 2.20. The van der Waals surface area contributed by atoms with E-state index in [1.807, 2.05) is 7.05 Å². The molecule has 1 rings (SSSR count). The number of hydrogen-bond acceptors (Lipinski definition) is 2. The van der Waals surface area contributed by atoms with E-state index in [0.29, 0.717) is 6.10 Å². The van der Waals surface area contributed by atoms with Gasteiger partial charge in [-0.1, -0.05) is 19.3 Å². The number of rotatable bonds is 7. The molecule has 0 aromatic carbocycles. The average molecular weight is 199 g/mol. The van der Waals surface area contributed by atoms with E-state index in [9.17, 15) is 0 Å². The van der Waals surface area contributed by atoms with Gasteiger partial charge < -0.3 is 10.1 Å². The SMILES string of the molecule is CNCCCCCOC1CCCCC1. The van der Waals surface area contributed by atoms with Gasteiger partial charge in [-0.3, -0.25) is 0 Å². The molecule has 1 aliphatic rings. The smallest absolute Gasteiger partial charge is 0.0575 e. The number of nitrogens with one attached hydrogen (secondary N) is 1. The zero-order valence-electron chi connectivity index (χ0n) is 9.56. The largest absolute Gasteiger partial charge is 0.378 e. The number of unbranched alkanes of at least 4 members (excludes halogenated alkanes) is 2. The molecule has 2 heteroatoms. The maximum Gasteiger partial charge on any atom is 0.0575 e. The minimum Gasteiger partial charge on any atom is -0.378 e. The fraction of sp³-hybridized carbons (Fsp3) is 1.00. The Kier molecular flexibility index (Phi) is 7.06. The molecule has 0 atom stereocenters. The molecular weight excluding hydrogens is 174 g/mol. The molecule has 0 spiro atoms. The van der Waals surface area contributed by atoms with E-state index < -0.39 is 0 Å². The Morgan fingerprint density at radius 3 is 2.57 bits per heavy atom. The second-order valence-electron chi connectivity index (χ2n) is 4.30.